The van der Waals surface area contributed by atoms with Crippen molar-refractivity contribution < 1.29 is 37.1 Å². The number of amides is 2. The summed E-state index contributed by atoms with van der Waals surface area (Å²) in [5.41, 5.74) is -0.259. The number of carbonyl (C=O) groups is 5. The first-order valence-corrected chi connectivity index (χ1v) is 20.0. The summed E-state index contributed by atoms with van der Waals surface area (Å²) in [7, 11) is -3.48. The number of piperidine rings is 1. The van der Waals surface area contributed by atoms with Crippen LogP contribution in [0.4, 0.5) is 4.79 Å². The van der Waals surface area contributed by atoms with Crippen molar-refractivity contribution in [2.45, 2.75) is 122 Å². The van der Waals surface area contributed by atoms with Gasteiger partial charge < -0.3 is 15.0 Å². The van der Waals surface area contributed by atoms with Gasteiger partial charge in [-0.15, -0.1) is 6.58 Å². The average Bonchev–Trinajstić information content (AvgIpc) is 3.35. The van der Waals surface area contributed by atoms with Gasteiger partial charge in [-0.25, -0.2) is 13.2 Å². The Bertz CT molecular complexity index is 1520. The van der Waals surface area contributed by atoms with Crippen LogP contribution in [0.2, 0.25) is 0 Å². The standard InChI is InChI=1S/C39H56N2O8S/c1-7-8-18-28(35(44)30(42)21-15-22-50(47,48)25-26-16-11-9-12-17-26)23-31(43)34-32-29(39(32,5)6)24-41(34)36(45)33(27-19-13-10-14-20-27)40-37(46)49-38(2,3)4/h7,9,11-12,16-17,27-29,32-34H,1,8,10,13-15,18-25H2,2-6H3,(H,40,46)/t28?,29-,32-,33-,34+/m0/s1. The lowest BCUT2D eigenvalue weighted by molar-refractivity contribution is -0.144. The zero-order valence-electron chi connectivity index (χ0n) is 30.4. The summed E-state index contributed by atoms with van der Waals surface area (Å²) in [5, 5.41) is 2.86. The lowest BCUT2D eigenvalue weighted by Gasteiger charge is -2.37. The first kappa shape index (κ1) is 39.4. The Labute approximate surface area is 298 Å². The van der Waals surface area contributed by atoms with Crippen molar-refractivity contribution in [3.63, 3.8) is 0 Å². The number of hydrogen-bond donors (Lipinski definition) is 1. The van der Waals surface area contributed by atoms with Gasteiger partial charge in [0, 0.05) is 25.3 Å². The summed E-state index contributed by atoms with van der Waals surface area (Å²) in [5.74, 6) is -3.28. The van der Waals surface area contributed by atoms with E-state index in [0.29, 0.717) is 18.5 Å². The van der Waals surface area contributed by atoms with Crippen molar-refractivity contribution in [1.29, 1.82) is 0 Å². The molecule has 0 spiro atoms. The van der Waals surface area contributed by atoms with Crippen LogP contribution in [0.15, 0.2) is 43.0 Å². The Balaban J connectivity index is 1.46. The maximum absolute atomic E-state index is 14.4. The fourth-order valence-electron chi connectivity index (χ4n) is 8.06. The smallest absolute Gasteiger partial charge is 0.408 e. The molecule has 1 aliphatic heterocycles. The molecule has 10 nitrogen and oxygen atoms in total. The number of allylic oxidation sites excluding steroid dienone is 1. The molecular formula is C39H56N2O8S. The first-order chi connectivity index (χ1) is 23.4. The topological polar surface area (TPSA) is 144 Å². The Morgan fingerprint density at radius 2 is 1.72 bits per heavy atom. The SMILES string of the molecule is C=CCCC(CC(=O)[C@@H]1[C@@H]2[C@H](CN1C(=O)[C@@H](NC(=O)OC(C)(C)C)C1CCCCC1)C2(C)C)C(=O)C(=O)CCCS(=O)(=O)Cc1ccccc1. The number of benzene rings is 1. The molecule has 0 bridgehead atoms. The van der Waals surface area contributed by atoms with E-state index in [4.69, 9.17) is 4.74 Å². The molecule has 1 N–H and O–H groups in total. The highest BCUT2D eigenvalue weighted by atomic mass is 32.2. The lowest BCUT2D eigenvalue weighted by Crippen LogP contribution is -2.57. The molecule has 276 valence electrons. The highest BCUT2D eigenvalue weighted by Gasteiger charge is 2.69. The number of fused-ring (bicyclic) bond motifs is 1. The third-order valence-electron chi connectivity index (χ3n) is 10.8. The van der Waals surface area contributed by atoms with Crippen LogP contribution >= 0.6 is 0 Å². The zero-order chi connectivity index (χ0) is 36.9. The molecule has 1 aromatic rings. The van der Waals surface area contributed by atoms with Crippen LogP contribution in [-0.4, -0.2) is 72.7 Å². The molecule has 5 atom stereocenters. The van der Waals surface area contributed by atoms with Gasteiger partial charge in [-0.05, 0) is 81.6 Å². The second-order valence-corrected chi connectivity index (χ2v) is 18.3. The van der Waals surface area contributed by atoms with Gasteiger partial charge in [-0.1, -0.05) is 69.5 Å². The lowest BCUT2D eigenvalue weighted by atomic mass is 9.82. The minimum atomic E-state index is -3.48. The van der Waals surface area contributed by atoms with E-state index < -0.39 is 51.1 Å². The zero-order valence-corrected chi connectivity index (χ0v) is 31.3. The van der Waals surface area contributed by atoms with Gasteiger partial charge >= 0.3 is 6.09 Å². The van der Waals surface area contributed by atoms with Crippen LogP contribution in [-0.2, 0) is 39.5 Å². The third-order valence-corrected chi connectivity index (χ3v) is 12.5. The summed E-state index contributed by atoms with van der Waals surface area (Å²) in [6, 6.07) is 7.18. The van der Waals surface area contributed by atoms with Crippen LogP contribution in [0, 0.1) is 29.1 Å². The molecule has 1 heterocycles. The molecule has 1 unspecified atom stereocenters. The number of nitrogens with one attached hydrogen (secondary N) is 1. The van der Waals surface area contributed by atoms with Crippen molar-refractivity contribution in [3.05, 3.63) is 48.6 Å². The van der Waals surface area contributed by atoms with E-state index in [2.05, 4.69) is 25.7 Å². The van der Waals surface area contributed by atoms with Gasteiger partial charge in [0.05, 0.1) is 17.5 Å². The predicted octanol–water partition coefficient (Wildman–Crippen LogP) is 6.02. The van der Waals surface area contributed by atoms with E-state index in [9.17, 15) is 32.4 Å². The molecular weight excluding hydrogens is 657 g/mol. The highest BCUT2D eigenvalue weighted by molar-refractivity contribution is 7.90. The van der Waals surface area contributed by atoms with Gasteiger partial charge in [0.1, 0.15) is 11.6 Å². The number of hydrogen-bond acceptors (Lipinski definition) is 8. The number of alkyl carbamates (subject to hydrolysis) is 1. The van der Waals surface area contributed by atoms with Gasteiger partial charge in [-0.2, -0.15) is 0 Å². The Kier molecular flexibility index (Phi) is 12.9. The van der Waals surface area contributed by atoms with Crippen LogP contribution < -0.4 is 5.32 Å². The second kappa shape index (κ2) is 16.3. The second-order valence-electron chi connectivity index (χ2n) is 16.1. The van der Waals surface area contributed by atoms with Gasteiger partial charge in [0.25, 0.3) is 0 Å². The summed E-state index contributed by atoms with van der Waals surface area (Å²) >= 11 is 0. The number of nitrogens with zero attached hydrogens (tertiary/aromatic N) is 1. The summed E-state index contributed by atoms with van der Waals surface area (Å²) in [4.78, 5) is 69.8. The Morgan fingerprint density at radius 1 is 1.06 bits per heavy atom. The molecule has 3 aliphatic rings. The minimum absolute atomic E-state index is 0.0118. The quantitative estimate of drug-likeness (QED) is 0.153. The highest BCUT2D eigenvalue weighted by Crippen LogP contribution is 2.65. The van der Waals surface area contributed by atoms with Crippen molar-refractivity contribution in [3.8, 4) is 0 Å². The number of sulfone groups is 1. The van der Waals surface area contributed by atoms with Gasteiger partial charge in [0.2, 0.25) is 11.7 Å². The summed E-state index contributed by atoms with van der Waals surface area (Å²) in [6.07, 6.45) is 5.73. The van der Waals surface area contributed by atoms with Crippen molar-refractivity contribution in [2.24, 2.45) is 29.1 Å². The minimum Gasteiger partial charge on any atom is -0.444 e. The molecule has 50 heavy (non-hydrogen) atoms. The van der Waals surface area contributed by atoms with Gasteiger partial charge in [-0.3, -0.25) is 19.2 Å². The number of ether oxygens (including phenoxy) is 1. The first-order valence-electron chi connectivity index (χ1n) is 18.2. The van der Waals surface area contributed by atoms with Crippen LogP contribution in [0.25, 0.3) is 0 Å². The Morgan fingerprint density at radius 3 is 2.34 bits per heavy atom. The number of carbonyl (C=O) groups excluding carboxylic acids is 5. The molecule has 1 saturated heterocycles. The van der Waals surface area contributed by atoms with Crippen LogP contribution in [0.5, 0.6) is 0 Å². The van der Waals surface area contributed by atoms with Crippen molar-refractivity contribution in [2.75, 3.05) is 12.3 Å². The van der Waals surface area contributed by atoms with E-state index in [1.54, 1.807) is 62.1 Å². The normalized spacial score (nSPS) is 22.9. The van der Waals surface area contributed by atoms with E-state index >= 15 is 0 Å². The molecule has 3 fully saturated rings. The molecule has 2 aliphatic carbocycles. The van der Waals surface area contributed by atoms with Crippen LogP contribution in [0.1, 0.15) is 104 Å². The van der Waals surface area contributed by atoms with E-state index in [1.807, 2.05) is 0 Å². The molecule has 2 amide bonds. The number of likely N-dealkylation sites (tertiary alicyclic amines) is 1. The number of ketones is 3. The maximum atomic E-state index is 14.4. The van der Waals surface area contributed by atoms with E-state index in [-0.39, 0.29) is 72.0 Å². The maximum Gasteiger partial charge on any atom is 0.408 e. The summed E-state index contributed by atoms with van der Waals surface area (Å²) in [6.45, 7) is 13.6. The predicted molar refractivity (Wildman–Crippen MR) is 192 cm³/mol. The monoisotopic (exact) mass is 712 g/mol. The number of Topliss-reactive ketones (excluding diaryl/α,β-unsaturated/α-hetero) is 3. The molecule has 4 rings (SSSR count). The van der Waals surface area contributed by atoms with Crippen molar-refractivity contribution >= 4 is 39.2 Å². The van der Waals surface area contributed by atoms with Crippen molar-refractivity contribution in [1.82, 2.24) is 10.2 Å². The molecule has 2 saturated carbocycles. The molecule has 0 radical (unpaired) electrons. The third kappa shape index (κ3) is 10.1. The fraction of sp³-hybridized carbons (Fsp3) is 0.667. The van der Waals surface area contributed by atoms with Crippen LogP contribution in [0.3, 0.4) is 0 Å². The van der Waals surface area contributed by atoms with E-state index in [0.717, 1.165) is 32.1 Å². The largest absolute Gasteiger partial charge is 0.444 e. The number of rotatable bonds is 17. The summed E-state index contributed by atoms with van der Waals surface area (Å²) < 4.78 is 30.8. The molecule has 0 aromatic heterocycles. The average molecular weight is 713 g/mol. The van der Waals surface area contributed by atoms with Gasteiger partial charge in [0.15, 0.2) is 21.4 Å². The fourth-order valence-corrected chi connectivity index (χ4v) is 9.49. The Hall–Kier alpha value is -3.34. The van der Waals surface area contributed by atoms with E-state index in [1.165, 1.54) is 0 Å². The molecule has 11 heteroatoms. The molecule has 1 aromatic carbocycles.